The van der Waals surface area contributed by atoms with Gasteiger partial charge in [0.15, 0.2) is 0 Å². The van der Waals surface area contributed by atoms with Crippen LogP contribution in [-0.4, -0.2) is 38.4 Å². The number of nitrogens with zero attached hydrogens (tertiary/aromatic N) is 3. The number of aromatic nitrogens is 3. The molecule has 2 aromatic carbocycles. The van der Waals surface area contributed by atoms with Crippen LogP contribution >= 0.6 is 0 Å². The van der Waals surface area contributed by atoms with Crippen LogP contribution in [0.25, 0.3) is 21.9 Å². The number of para-hydroxylation sites is 2. The van der Waals surface area contributed by atoms with Gasteiger partial charge >= 0.3 is 0 Å². The second-order valence-corrected chi connectivity index (χ2v) is 7.35. The predicted molar refractivity (Wildman–Crippen MR) is 107 cm³/mol. The Kier molecular flexibility index (Phi) is 3.93. The first-order valence-electron chi connectivity index (χ1n) is 9.67. The number of likely N-dealkylation sites (tertiary alicyclic amines) is 1. The van der Waals surface area contributed by atoms with Gasteiger partial charge in [0.05, 0.1) is 17.1 Å². The van der Waals surface area contributed by atoms with Crippen molar-refractivity contribution in [3.8, 4) is 0 Å². The highest BCUT2D eigenvalue weighted by Gasteiger charge is 2.30. The van der Waals surface area contributed by atoms with Crippen LogP contribution < -0.4 is 0 Å². The number of hydrogen-bond acceptors (Lipinski definition) is 2. The highest BCUT2D eigenvalue weighted by molar-refractivity contribution is 5.98. The van der Waals surface area contributed by atoms with Gasteiger partial charge in [-0.25, -0.2) is 9.37 Å². The third kappa shape index (κ3) is 2.68. The van der Waals surface area contributed by atoms with E-state index in [-0.39, 0.29) is 17.8 Å². The van der Waals surface area contributed by atoms with E-state index in [1.165, 1.54) is 12.1 Å². The van der Waals surface area contributed by atoms with Crippen molar-refractivity contribution in [2.75, 3.05) is 13.1 Å². The normalized spacial score (nSPS) is 17.1. The first-order valence-corrected chi connectivity index (χ1v) is 9.67. The third-order valence-corrected chi connectivity index (χ3v) is 5.61. The van der Waals surface area contributed by atoms with Crippen LogP contribution in [0.5, 0.6) is 0 Å². The number of aryl methyl sites for hydroxylation is 1. The maximum Gasteiger partial charge on any atom is 0.270 e. The van der Waals surface area contributed by atoms with Gasteiger partial charge in [-0.1, -0.05) is 19.1 Å². The molecule has 2 aromatic heterocycles. The van der Waals surface area contributed by atoms with Gasteiger partial charge in [0.2, 0.25) is 0 Å². The number of aromatic amines is 1. The van der Waals surface area contributed by atoms with Crippen LogP contribution in [0, 0.1) is 5.82 Å². The Morgan fingerprint density at radius 2 is 2.11 bits per heavy atom. The Hall–Kier alpha value is -3.15. The summed E-state index contributed by atoms with van der Waals surface area (Å²) < 4.78 is 15.7. The number of carbonyl (C=O) groups excluding carboxylic acids is 1. The molecule has 1 aliphatic rings. The summed E-state index contributed by atoms with van der Waals surface area (Å²) in [5, 5.41) is 0.716. The molecule has 1 saturated heterocycles. The zero-order valence-electron chi connectivity index (χ0n) is 15.7. The number of hydrogen-bond donors (Lipinski definition) is 1. The van der Waals surface area contributed by atoms with Gasteiger partial charge in [-0.2, -0.15) is 0 Å². The monoisotopic (exact) mass is 376 g/mol. The minimum Gasteiger partial charge on any atom is -0.351 e. The SMILES string of the molecule is CCc1nc2ccccc2n1[C@@H]1CCN(C(=O)c2cc3cc(F)ccc3[nH]2)C1. The van der Waals surface area contributed by atoms with Crippen molar-refractivity contribution in [1.82, 2.24) is 19.4 Å². The van der Waals surface area contributed by atoms with E-state index >= 15 is 0 Å². The van der Waals surface area contributed by atoms with Crippen molar-refractivity contribution in [3.05, 3.63) is 65.9 Å². The largest absolute Gasteiger partial charge is 0.351 e. The number of fused-ring (bicyclic) bond motifs is 2. The second kappa shape index (κ2) is 6.48. The molecular weight excluding hydrogens is 355 g/mol. The summed E-state index contributed by atoms with van der Waals surface area (Å²) in [4.78, 5) is 22.8. The Morgan fingerprint density at radius 1 is 1.25 bits per heavy atom. The van der Waals surface area contributed by atoms with Gasteiger partial charge in [-0.15, -0.1) is 0 Å². The molecule has 0 spiro atoms. The highest BCUT2D eigenvalue weighted by atomic mass is 19.1. The molecule has 0 saturated carbocycles. The number of carbonyl (C=O) groups is 1. The lowest BCUT2D eigenvalue weighted by Gasteiger charge is -2.18. The fourth-order valence-corrected chi connectivity index (χ4v) is 4.28. The van der Waals surface area contributed by atoms with E-state index in [9.17, 15) is 9.18 Å². The summed E-state index contributed by atoms with van der Waals surface area (Å²) in [5.41, 5.74) is 3.41. The molecule has 5 nitrogen and oxygen atoms in total. The van der Waals surface area contributed by atoms with Gasteiger partial charge in [-0.05, 0) is 42.8 Å². The van der Waals surface area contributed by atoms with E-state index in [2.05, 4.69) is 22.5 Å². The summed E-state index contributed by atoms with van der Waals surface area (Å²) in [6, 6.07) is 14.6. The minimum atomic E-state index is -0.300. The number of benzene rings is 2. The minimum absolute atomic E-state index is 0.0402. The number of H-pyrrole nitrogens is 1. The lowest BCUT2D eigenvalue weighted by molar-refractivity contribution is 0.0783. The van der Waals surface area contributed by atoms with Gasteiger partial charge in [0, 0.05) is 30.4 Å². The van der Waals surface area contributed by atoms with Gasteiger partial charge < -0.3 is 14.5 Å². The summed E-state index contributed by atoms with van der Waals surface area (Å²) in [6.07, 6.45) is 1.75. The Balaban J connectivity index is 1.43. The fourth-order valence-electron chi connectivity index (χ4n) is 4.28. The molecule has 1 fully saturated rings. The van der Waals surface area contributed by atoms with Crippen LogP contribution in [0.1, 0.15) is 35.7 Å². The first kappa shape index (κ1) is 17.0. The molecule has 1 atom stereocenters. The van der Waals surface area contributed by atoms with Crippen molar-refractivity contribution in [3.63, 3.8) is 0 Å². The number of amides is 1. The number of rotatable bonds is 3. The summed E-state index contributed by atoms with van der Waals surface area (Å²) in [5.74, 6) is 0.717. The Bertz CT molecular complexity index is 1190. The van der Waals surface area contributed by atoms with Crippen LogP contribution in [0.4, 0.5) is 4.39 Å². The van der Waals surface area contributed by atoms with Crippen LogP contribution in [-0.2, 0) is 6.42 Å². The topological polar surface area (TPSA) is 53.9 Å². The number of imidazole rings is 1. The van der Waals surface area contributed by atoms with Crippen LogP contribution in [0.3, 0.4) is 0 Å². The van der Waals surface area contributed by atoms with Gasteiger partial charge in [0.1, 0.15) is 17.3 Å². The quantitative estimate of drug-likeness (QED) is 0.579. The standard InChI is InChI=1S/C22H21FN4O/c1-2-21-25-18-5-3-4-6-20(18)27(21)16-9-10-26(13-16)22(28)19-12-14-11-15(23)7-8-17(14)24-19/h3-8,11-12,16,24H,2,9-10,13H2,1H3/t16-/m1/s1. The van der Waals surface area contributed by atoms with Crippen LogP contribution in [0.15, 0.2) is 48.5 Å². The smallest absolute Gasteiger partial charge is 0.270 e. The lowest BCUT2D eigenvalue weighted by atomic mass is 10.2. The second-order valence-electron chi connectivity index (χ2n) is 7.35. The van der Waals surface area contributed by atoms with Crippen LogP contribution in [0.2, 0.25) is 0 Å². The Morgan fingerprint density at radius 3 is 2.96 bits per heavy atom. The molecule has 4 aromatic rings. The third-order valence-electron chi connectivity index (χ3n) is 5.61. The molecular formula is C22H21FN4O. The Labute approximate surface area is 161 Å². The van der Waals surface area contributed by atoms with E-state index in [4.69, 9.17) is 4.98 Å². The number of halogens is 1. The van der Waals surface area contributed by atoms with Gasteiger partial charge in [-0.3, -0.25) is 4.79 Å². The average molecular weight is 376 g/mol. The molecule has 28 heavy (non-hydrogen) atoms. The van der Waals surface area contributed by atoms with E-state index in [1.54, 1.807) is 12.1 Å². The predicted octanol–water partition coefficient (Wildman–Crippen LogP) is 4.31. The van der Waals surface area contributed by atoms with E-state index in [1.807, 2.05) is 23.1 Å². The van der Waals surface area contributed by atoms with E-state index in [0.717, 1.165) is 35.2 Å². The molecule has 0 radical (unpaired) electrons. The maximum absolute atomic E-state index is 13.4. The van der Waals surface area contributed by atoms with E-state index < -0.39 is 0 Å². The molecule has 142 valence electrons. The molecule has 1 aliphatic heterocycles. The highest BCUT2D eigenvalue weighted by Crippen LogP contribution is 2.29. The van der Waals surface area contributed by atoms with E-state index in [0.29, 0.717) is 24.2 Å². The van der Waals surface area contributed by atoms with Crippen molar-refractivity contribution >= 4 is 27.8 Å². The summed E-state index contributed by atoms with van der Waals surface area (Å²) in [7, 11) is 0. The lowest BCUT2D eigenvalue weighted by Crippen LogP contribution is -2.29. The summed E-state index contributed by atoms with van der Waals surface area (Å²) >= 11 is 0. The average Bonchev–Trinajstić information content (AvgIpc) is 3.42. The zero-order chi connectivity index (χ0) is 19.3. The zero-order valence-corrected chi connectivity index (χ0v) is 15.7. The van der Waals surface area contributed by atoms with Crippen molar-refractivity contribution in [2.45, 2.75) is 25.8 Å². The molecule has 3 heterocycles. The molecule has 1 N–H and O–H groups in total. The molecule has 5 rings (SSSR count). The maximum atomic E-state index is 13.4. The number of nitrogens with one attached hydrogen (secondary N) is 1. The van der Waals surface area contributed by atoms with Crippen molar-refractivity contribution < 1.29 is 9.18 Å². The van der Waals surface area contributed by atoms with Crippen molar-refractivity contribution in [1.29, 1.82) is 0 Å². The first-order chi connectivity index (χ1) is 13.6. The van der Waals surface area contributed by atoms with Gasteiger partial charge in [0.25, 0.3) is 5.91 Å². The summed E-state index contributed by atoms with van der Waals surface area (Å²) in [6.45, 7) is 3.46. The van der Waals surface area contributed by atoms with Crippen molar-refractivity contribution in [2.24, 2.45) is 0 Å². The molecule has 1 amide bonds. The molecule has 0 aliphatic carbocycles. The molecule has 0 bridgehead atoms. The fraction of sp³-hybridized carbons (Fsp3) is 0.273. The molecule has 6 heteroatoms. The molecule has 0 unspecified atom stereocenters.